The summed E-state index contributed by atoms with van der Waals surface area (Å²) < 4.78 is 39.6. The van der Waals surface area contributed by atoms with Crippen LogP contribution in [0.1, 0.15) is 0 Å². The first kappa shape index (κ1) is 14.3. The Labute approximate surface area is 123 Å². The summed E-state index contributed by atoms with van der Waals surface area (Å²) in [6.07, 6.45) is -2.66. The van der Waals surface area contributed by atoms with Gasteiger partial charge in [-0.25, -0.2) is 18.2 Å². The summed E-state index contributed by atoms with van der Waals surface area (Å²) in [7, 11) is 0. The summed E-state index contributed by atoms with van der Waals surface area (Å²) in [4.78, 5) is 16.7. The number of hydrogen-bond donors (Lipinski definition) is 0. The van der Waals surface area contributed by atoms with E-state index in [2.05, 4.69) is 4.98 Å². The van der Waals surface area contributed by atoms with E-state index in [0.717, 1.165) is 4.57 Å². The van der Waals surface area contributed by atoms with Crippen molar-refractivity contribution in [2.45, 2.75) is 13.0 Å². The van der Waals surface area contributed by atoms with E-state index in [1.54, 1.807) is 24.3 Å². The summed E-state index contributed by atoms with van der Waals surface area (Å²) in [6, 6.07) is 11.8. The maximum absolute atomic E-state index is 13.0. The van der Waals surface area contributed by atoms with E-state index in [1.165, 1.54) is 24.3 Å². The highest BCUT2D eigenvalue weighted by atomic mass is 19.3. The molecule has 0 atom stereocenters. The van der Waals surface area contributed by atoms with Gasteiger partial charge in [0.25, 0.3) is 12.0 Å². The van der Waals surface area contributed by atoms with Crippen molar-refractivity contribution in [3.05, 3.63) is 64.7 Å². The minimum Gasteiger partial charge on any atom is -0.299 e. The van der Waals surface area contributed by atoms with Gasteiger partial charge >= 0.3 is 0 Å². The highest BCUT2D eigenvalue weighted by Gasteiger charge is 2.15. The van der Waals surface area contributed by atoms with E-state index in [1.807, 2.05) is 0 Å². The molecule has 0 spiro atoms. The average molecular weight is 304 g/mol. The second kappa shape index (κ2) is 5.63. The Morgan fingerprint density at radius 3 is 2.41 bits per heavy atom. The Hall–Kier alpha value is -2.63. The molecule has 0 saturated carbocycles. The van der Waals surface area contributed by atoms with Gasteiger partial charge in [0.05, 0.1) is 17.6 Å². The van der Waals surface area contributed by atoms with Crippen LogP contribution in [0.15, 0.2) is 53.3 Å². The molecule has 112 valence electrons. The van der Waals surface area contributed by atoms with Crippen molar-refractivity contribution in [1.29, 1.82) is 0 Å². The van der Waals surface area contributed by atoms with Crippen LogP contribution in [0, 0.1) is 5.82 Å². The van der Waals surface area contributed by atoms with E-state index in [-0.39, 0.29) is 5.69 Å². The molecule has 0 aliphatic carbocycles. The Kier molecular flexibility index (Phi) is 3.66. The Balaban J connectivity index is 2.29. The number of alkyl halides is 2. The first-order valence-corrected chi connectivity index (χ1v) is 6.60. The Morgan fingerprint density at radius 2 is 1.73 bits per heavy atom. The maximum atomic E-state index is 13.0. The fourth-order valence-corrected chi connectivity index (χ4v) is 2.31. The molecular weight excluding hydrogens is 293 g/mol. The van der Waals surface area contributed by atoms with Gasteiger partial charge in [0, 0.05) is 5.56 Å². The molecule has 2 aromatic carbocycles. The number of rotatable bonds is 3. The molecule has 1 aromatic heterocycles. The first-order chi connectivity index (χ1) is 10.6. The van der Waals surface area contributed by atoms with Crippen molar-refractivity contribution < 1.29 is 13.2 Å². The normalized spacial score (nSPS) is 11.3. The lowest BCUT2D eigenvalue weighted by atomic mass is 10.1. The first-order valence-electron chi connectivity index (χ1n) is 6.60. The minimum atomic E-state index is -2.66. The summed E-state index contributed by atoms with van der Waals surface area (Å²) in [5.74, 6) is -0.447. The van der Waals surface area contributed by atoms with Gasteiger partial charge in [-0.1, -0.05) is 12.1 Å². The largest absolute Gasteiger partial charge is 0.299 e. The number of benzene rings is 2. The monoisotopic (exact) mass is 304 g/mol. The third-order valence-electron chi connectivity index (χ3n) is 3.29. The minimum absolute atomic E-state index is 0.0272. The molecule has 0 aliphatic rings. The van der Waals surface area contributed by atoms with E-state index in [9.17, 15) is 18.0 Å². The molecule has 0 unspecified atom stereocenters. The molecule has 0 fully saturated rings. The summed E-state index contributed by atoms with van der Waals surface area (Å²) in [5.41, 5.74) is 0.575. The lowest BCUT2D eigenvalue weighted by Gasteiger charge is -2.11. The zero-order valence-electron chi connectivity index (χ0n) is 11.3. The van der Waals surface area contributed by atoms with Crippen LogP contribution in [0.25, 0.3) is 22.3 Å². The molecule has 3 rings (SSSR count). The predicted molar refractivity (Wildman–Crippen MR) is 77.4 cm³/mol. The maximum Gasteiger partial charge on any atom is 0.277 e. The molecule has 0 radical (unpaired) electrons. The topological polar surface area (TPSA) is 34.9 Å². The van der Waals surface area contributed by atoms with Crippen LogP contribution in [0.2, 0.25) is 0 Å². The van der Waals surface area contributed by atoms with Gasteiger partial charge in [0.2, 0.25) is 0 Å². The summed E-state index contributed by atoms with van der Waals surface area (Å²) in [5, 5.41) is 0. The zero-order chi connectivity index (χ0) is 15.7. The molecule has 0 bridgehead atoms. The number of fused-ring (bicyclic) bond motifs is 1. The lowest BCUT2D eigenvalue weighted by molar-refractivity contribution is 0.127. The standard InChI is InChI=1S/C16H11F3N2O/c17-11-7-5-10(6-8-11)15-16(22)21(9-14(18)19)13-4-2-1-3-12(13)20-15/h1-8,14H,9H2. The number of halogens is 3. The van der Waals surface area contributed by atoms with E-state index < -0.39 is 24.3 Å². The summed E-state index contributed by atoms with van der Waals surface area (Å²) in [6.45, 7) is -0.712. The molecule has 6 heteroatoms. The smallest absolute Gasteiger partial charge is 0.277 e. The molecule has 22 heavy (non-hydrogen) atoms. The number of nitrogens with zero attached hydrogens (tertiary/aromatic N) is 2. The van der Waals surface area contributed by atoms with Crippen LogP contribution in [-0.4, -0.2) is 16.0 Å². The van der Waals surface area contributed by atoms with Crippen LogP contribution in [-0.2, 0) is 6.54 Å². The summed E-state index contributed by atoms with van der Waals surface area (Å²) >= 11 is 0. The molecular formula is C16H11F3N2O. The molecule has 0 amide bonds. The predicted octanol–water partition coefficient (Wildman–Crippen LogP) is 3.47. The molecule has 0 aliphatic heterocycles. The van der Waals surface area contributed by atoms with Gasteiger partial charge in [0.1, 0.15) is 11.5 Å². The Morgan fingerprint density at radius 1 is 1.05 bits per heavy atom. The highest BCUT2D eigenvalue weighted by molar-refractivity contribution is 5.77. The van der Waals surface area contributed by atoms with E-state index in [4.69, 9.17) is 0 Å². The molecule has 1 heterocycles. The van der Waals surface area contributed by atoms with Gasteiger partial charge in [-0.3, -0.25) is 9.36 Å². The molecule has 0 N–H and O–H groups in total. The molecule has 0 saturated heterocycles. The van der Waals surface area contributed by atoms with Gasteiger partial charge in [-0.15, -0.1) is 0 Å². The van der Waals surface area contributed by atoms with Gasteiger partial charge < -0.3 is 0 Å². The number of aromatic nitrogens is 2. The second-order valence-corrected chi connectivity index (χ2v) is 4.76. The van der Waals surface area contributed by atoms with E-state index >= 15 is 0 Å². The van der Waals surface area contributed by atoms with Crippen LogP contribution in [0.3, 0.4) is 0 Å². The van der Waals surface area contributed by atoms with Gasteiger partial charge in [-0.2, -0.15) is 0 Å². The fraction of sp³-hybridized carbons (Fsp3) is 0.125. The second-order valence-electron chi connectivity index (χ2n) is 4.76. The van der Waals surface area contributed by atoms with Gasteiger partial charge in [-0.05, 0) is 36.4 Å². The third kappa shape index (κ3) is 2.59. The van der Waals surface area contributed by atoms with E-state index in [0.29, 0.717) is 16.6 Å². The number of hydrogen-bond acceptors (Lipinski definition) is 2. The average Bonchev–Trinajstić information content (AvgIpc) is 2.50. The van der Waals surface area contributed by atoms with Crippen molar-refractivity contribution in [3.8, 4) is 11.3 Å². The number of para-hydroxylation sites is 2. The van der Waals surface area contributed by atoms with Crippen LogP contribution < -0.4 is 5.56 Å². The van der Waals surface area contributed by atoms with Crippen molar-refractivity contribution >= 4 is 11.0 Å². The van der Waals surface area contributed by atoms with Crippen molar-refractivity contribution in [2.24, 2.45) is 0 Å². The molecule has 3 nitrogen and oxygen atoms in total. The molecule has 3 aromatic rings. The SMILES string of the molecule is O=c1c(-c2ccc(F)cc2)nc2ccccc2n1CC(F)F. The Bertz CT molecular complexity index is 873. The fourth-order valence-electron chi connectivity index (χ4n) is 2.31. The third-order valence-corrected chi connectivity index (χ3v) is 3.29. The van der Waals surface area contributed by atoms with Crippen LogP contribution in [0.5, 0.6) is 0 Å². The van der Waals surface area contributed by atoms with Gasteiger partial charge in [0.15, 0.2) is 0 Å². The quantitative estimate of drug-likeness (QED) is 0.742. The van der Waals surface area contributed by atoms with Crippen molar-refractivity contribution in [3.63, 3.8) is 0 Å². The van der Waals surface area contributed by atoms with Crippen LogP contribution in [0.4, 0.5) is 13.2 Å². The van der Waals surface area contributed by atoms with Crippen LogP contribution >= 0.6 is 0 Å². The zero-order valence-corrected chi connectivity index (χ0v) is 11.3. The lowest BCUT2D eigenvalue weighted by Crippen LogP contribution is -2.26. The van der Waals surface area contributed by atoms with Crippen molar-refractivity contribution in [1.82, 2.24) is 9.55 Å². The highest BCUT2D eigenvalue weighted by Crippen LogP contribution is 2.18. The van der Waals surface area contributed by atoms with Crippen molar-refractivity contribution in [2.75, 3.05) is 0 Å².